The van der Waals surface area contributed by atoms with E-state index in [4.69, 9.17) is 10.2 Å². The zero-order valence-electron chi connectivity index (χ0n) is 7.74. The van der Waals surface area contributed by atoms with Gasteiger partial charge in [0.05, 0.1) is 12.0 Å². The van der Waals surface area contributed by atoms with Gasteiger partial charge >= 0.3 is 11.9 Å². The molecule has 80 valence electrons. The highest BCUT2D eigenvalue weighted by molar-refractivity contribution is 9.08. The van der Waals surface area contributed by atoms with E-state index >= 15 is 0 Å². The summed E-state index contributed by atoms with van der Waals surface area (Å²) in [5, 5.41) is 17.9. The van der Waals surface area contributed by atoms with Gasteiger partial charge in [-0.15, -0.1) is 0 Å². The number of aromatic carboxylic acids is 1. The summed E-state index contributed by atoms with van der Waals surface area (Å²) >= 11 is 3.17. The molecule has 0 aromatic heterocycles. The molecule has 1 aromatic carbocycles. The van der Waals surface area contributed by atoms with Crippen LogP contribution >= 0.6 is 15.9 Å². The Morgan fingerprint density at radius 2 is 1.93 bits per heavy atom. The quantitative estimate of drug-likeness (QED) is 0.822. The van der Waals surface area contributed by atoms with Crippen molar-refractivity contribution in [3.05, 3.63) is 34.9 Å². The summed E-state index contributed by atoms with van der Waals surface area (Å²) in [6.07, 6.45) is -0.164. The topological polar surface area (TPSA) is 74.6 Å². The molecule has 0 amide bonds. The van der Waals surface area contributed by atoms with Gasteiger partial charge in [-0.2, -0.15) is 0 Å². The number of rotatable bonds is 4. The molecule has 15 heavy (non-hydrogen) atoms. The maximum absolute atomic E-state index is 10.9. The number of aliphatic carboxylic acids is 1. The van der Waals surface area contributed by atoms with E-state index in [0.29, 0.717) is 16.5 Å². The van der Waals surface area contributed by atoms with Gasteiger partial charge in [-0.25, -0.2) is 4.79 Å². The van der Waals surface area contributed by atoms with Crippen molar-refractivity contribution in [1.82, 2.24) is 0 Å². The molecular weight excluding hydrogens is 264 g/mol. The Balaban J connectivity index is 3.10. The molecule has 0 fully saturated rings. The van der Waals surface area contributed by atoms with Gasteiger partial charge < -0.3 is 10.2 Å². The Morgan fingerprint density at radius 1 is 1.27 bits per heavy atom. The van der Waals surface area contributed by atoms with Gasteiger partial charge in [0.15, 0.2) is 0 Å². The van der Waals surface area contributed by atoms with Crippen molar-refractivity contribution in [2.45, 2.75) is 11.8 Å². The van der Waals surface area contributed by atoms with Crippen LogP contribution in [-0.4, -0.2) is 22.2 Å². The Labute approximate surface area is 94.7 Å². The van der Waals surface area contributed by atoms with Gasteiger partial charge in [0.2, 0.25) is 0 Å². The first-order valence-electron chi connectivity index (χ1n) is 4.17. The first-order valence-corrected chi connectivity index (χ1v) is 5.29. The average molecular weight is 273 g/mol. The summed E-state index contributed by atoms with van der Waals surface area (Å²) < 4.78 is 0. The van der Waals surface area contributed by atoms with Crippen molar-refractivity contribution in [2.24, 2.45) is 0 Å². The second-order valence-electron chi connectivity index (χ2n) is 3.00. The summed E-state index contributed by atoms with van der Waals surface area (Å²) in [7, 11) is 0. The molecular formula is C10H9BrO4. The second kappa shape index (κ2) is 4.93. The minimum absolute atomic E-state index is 0.144. The lowest BCUT2D eigenvalue weighted by atomic mass is 10.0. The van der Waals surface area contributed by atoms with Crippen molar-refractivity contribution >= 4 is 27.9 Å². The molecule has 0 atom stereocenters. The summed E-state index contributed by atoms with van der Waals surface area (Å²) in [6, 6.07) is 4.64. The van der Waals surface area contributed by atoms with Crippen LogP contribution in [-0.2, 0) is 16.5 Å². The molecule has 0 radical (unpaired) electrons. The summed E-state index contributed by atoms with van der Waals surface area (Å²) in [5.74, 6) is -2.02. The fourth-order valence-electron chi connectivity index (χ4n) is 1.22. The fraction of sp³-hybridized carbons (Fsp3) is 0.200. The Bertz CT molecular complexity index is 400. The van der Waals surface area contributed by atoms with Crippen molar-refractivity contribution < 1.29 is 19.8 Å². The molecule has 0 aliphatic rings. The van der Waals surface area contributed by atoms with E-state index in [2.05, 4.69) is 15.9 Å². The van der Waals surface area contributed by atoms with Crippen molar-refractivity contribution in [3.8, 4) is 0 Å². The molecule has 1 rings (SSSR count). The molecule has 0 saturated heterocycles. The highest BCUT2D eigenvalue weighted by Crippen LogP contribution is 2.15. The molecule has 0 aliphatic carbocycles. The van der Waals surface area contributed by atoms with Crippen LogP contribution in [0.15, 0.2) is 18.2 Å². The van der Waals surface area contributed by atoms with Gasteiger partial charge in [-0.05, 0) is 17.2 Å². The van der Waals surface area contributed by atoms with Gasteiger partial charge in [-0.3, -0.25) is 4.79 Å². The van der Waals surface area contributed by atoms with Crippen LogP contribution in [0, 0.1) is 0 Å². The molecule has 2 N–H and O–H groups in total. The number of hydrogen-bond donors (Lipinski definition) is 2. The fourth-order valence-corrected chi connectivity index (χ4v) is 1.71. The lowest BCUT2D eigenvalue weighted by molar-refractivity contribution is -0.136. The SMILES string of the molecule is O=C(O)Cc1ccc(CBr)c(C(=O)O)c1. The maximum atomic E-state index is 10.9. The number of carboxylic acids is 2. The first kappa shape index (κ1) is 11.7. The predicted octanol–water partition coefficient (Wildman–Crippen LogP) is 1.91. The minimum Gasteiger partial charge on any atom is -0.481 e. The van der Waals surface area contributed by atoms with Crippen LogP contribution in [0.3, 0.4) is 0 Å². The number of carbonyl (C=O) groups is 2. The zero-order valence-corrected chi connectivity index (χ0v) is 9.32. The van der Waals surface area contributed by atoms with Gasteiger partial charge in [0.1, 0.15) is 0 Å². The van der Waals surface area contributed by atoms with Crippen LogP contribution in [0.5, 0.6) is 0 Å². The van der Waals surface area contributed by atoms with E-state index in [9.17, 15) is 9.59 Å². The van der Waals surface area contributed by atoms with Gasteiger partial charge in [-0.1, -0.05) is 28.1 Å². The van der Waals surface area contributed by atoms with Crippen molar-refractivity contribution in [3.63, 3.8) is 0 Å². The third-order valence-electron chi connectivity index (χ3n) is 1.90. The van der Waals surface area contributed by atoms with Crippen molar-refractivity contribution in [1.29, 1.82) is 0 Å². The van der Waals surface area contributed by atoms with E-state index in [1.807, 2.05) is 0 Å². The monoisotopic (exact) mass is 272 g/mol. The minimum atomic E-state index is -1.04. The second-order valence-corrected chi connectivity index (χ2v) is 3.56. The number of alkyl halides is 1. The largest absolute Gasteiger partial charge is 0.481 e. The molecule has 0 heterocycles. The molecule has 0 saturated carbocycles. The van der Waals surface area contributed by atoms with E-state index in [1.54, 1.807) is 12.1 Å². The first-order chi connectivity index (χ1) is 7.04. The third-order valence-corrected chi connectivity index (χ3v) is 2.51. The third kappa shape index (κ3) is 3.06. The normalized spacial score (nSPS) is 9.93. The van der Waals surface area contributed by atoms with Gasteiger partial charge in [0.25, 0.3) is 0 Å². The molecule has 0 spiro atoms. The highest BCUT2D eigenvalue weighted by Gasteiger charge is 2.11. The van der Waals surface area contributed by atoms with E-state index in [-0.39, 0.29) is 12.0 Å². The Morgan fingerprint density at radius 3 is 2.40 bits per heavy atom. The van der Waals surface area contributed by atoms with E-state index in [0.717, 1.165) is 0 Å². The molecule has 5 heteroatoms. The molecule has 4 nitrogen and oxygen atoms in total. The van der Waals surface area contributed by atoms with Crippen LogP contribution in [0.25, 0.3) is 0 Å². The molecule has 0 bridgehead atoms. The van der Waals surface area contributed by atoms with Crippen LogP contribution < -0.4 is 0 Å². The molecule has 0 aliphatic heterocycles. The van der Waals surface area contributed by atoms with Crippen molar-refractivity contribution in [2.75, 3.05) is 0 Å². The summed E-state index contributed by atoms with van der Waals surface area (Å²) in [4.78, 5) is 21.3. The molecule has 0 unspecified atom stereocenters. The highest BCUT2D eigenvalue weighted by atomic mass is 79.9. The average Bonchev–Trinajstić information content (AvgIpc) is 2.16. The van der Waals surface area contributed by atoms with E-state index < -0.39 is 11.9 Å². The number of carboxylic acid groups (broad SMARTS) is 2. The number of benzene rings is 1. The smallest absolute Gasteiger partial charge is 0.336 e. The van der Waals surface area contributed by atoms with E-state index in [1.165, 1.54) is 6.07 Å². The Kier molecular flexibility index (Phi) is 3.85. The summed E-state index contributed by atoms with van der Waals surface area (Å²) in [5.41, 5.74) is 1.27. The predicted molar refractivity (Wildman–Crippen MR) is 57.4 cm³/mol. The summed E-state index contributed by atoms with van der Waals surface area (Å²) in [6.45, 7) is 0. The molecule has 1 aromatic rings. The maximum Gasteiger partial charge on any atom is 0.336 e. The Hall–Kier alpha value is -1.36. The van der Waals surface area contributed by atoms with Gasteiger partial charge in [0, 0.05) is 5.33 Å². The van der Waals surface area contributed by atoms with Crippen LogP contribution in [0.1, 0.15) is 21.5 Å². The lowest BCUT2D eigenvalue weighted by Crippen LogP contribution is -2.05. The van der Waals surface area contributed by atoms with Crippen LogP contribution in [0.2, 0.25) is 0 Å². The lowest BCUT2D eigenvalue weighted by Gasteiger charge is -2.04. The van der Waals surface area contributed by atoms with Crippen LogP contribution in [0.4, 0.5) is 0 Å². The number of halogens is 1. The zero-order chi connectivity index (χ0) is 11.4. The standard InChI is InChI=1S/C10H9BrO4/c11-5-7-2-1-6(4-9(12)13)3-8(7)10(14)15/h1-3H,4-5H2,(H,12,13)(H,14,15). The number of hydrogen-bond acceptors (Lipinski definition) is 2.